The van der Waals surface area contributed by atoms with Crippen LogP contribution in [0, 0.1) is 0 Å². The number of nitrogens with two attached hydrogens (primary N) is 1. The first kappa shape index (κ1) is 22.3. The number of likely N-dealkylation sites (N-methyl/N-ethyl adjacent to an activating group) is 1. The molecule has 0 saturated carbocycles. The van der Waals surface area contributed by atoms with Crippen molar-refractivity contribution in [2.45, 2.75) is 25.2 Å². The fourth-order valence-electron chi connectivity index (χ4n) is 4.00. The Morgan fingerprint density at radius 3 is 2.42 bits per heavy atom. The van der Waals surface area contributed by atoms with Crippen molar-refractivity contribution in [3.8, 4) is 0 Å². The van der Waals surface area contributed by atoms with E-state index in [9.17, 15) is 22.8 Å². The molecular formula is C24H21F3N4O2. The number of aromatic nitrogens is 1. The Balaban J connectivity index is 1.70. The lowest BCUT2D eigenvalue weighted by Crippen LogP contribution is -2.53. The topological polar surface area (TPSA) is 79.5 Å². The number of carbonyl (C=O) groups excluding carboxylic acids is 2. The first-order valence-corrected chi connectivity index (χ1v) is 10.2. The number of benzene rings is 2. The molecule has 0 fully saturated rings. The van der Waals surface area contributed by atoms with Gasteiger partial charge in [0.25, 0.3) is 0 Å². The molecule has 2 N–H and O–H groups in total. The van der Waals surface area contributed by atoms with E-state index in [0.717, 1.165) is 11.6 Å². The van der Waals surface area contributed by atoms with E-state index < -0.39 is 23.7 Å². The number of rotatable bonds is 5. The van der Waals surface area contributed by atoms with Gasteiger partial charge in [-0.05, 0) is 41.5 Å². The number of carbonyl (C=O) groups is 2. The van der Waals surface area contributed by atoms with E-state index in [4.69, 9.17) is 5.73 Å². The molecule has 2 heterocycles. The number of pyridine rings is 1. The molecule has 2 amide bonds. The zero-order valence-electron chi connectivity index (χ0n) is 17.7. The van der Waals surface area contributed by atoms with Gasteiger partial charge in [0.05, 0.1) is 17.8 Å². The van der Waals surface area contributed by atoms with Gasteiger partial charge in [-0.15, -0.1) is 0 Å². The average Bonchev–Trinajstić information content (AvgIpc) is 2.79. The molecule has 0 bridgehead atoms. The summed E-state index contributed by atoms with van der Waals surface area (Å²) in [4.78, 5) is 32.3. The van der Waals surface area contributed by atoms with Gasteiger partial charge in [-0.25, -0.2) is 4.98 Å². The predicted molar refractivity (Wildman–Crippen MR) is 118 cm³/mol. The van der Waals surface area contributed by atoms with Crippen LogP contribution in [0.2, 0.25) is 0 Å². The lowest BCUT2D eigenvalue weighted by atomic mass is 9.98. The molecule has 4 rings (SSSR count). The van der Waals surface area contributed by atoms with E-state index in [0.29, 0.717) is 17.1 Å². The molecule has 6 nitrogen and oxygen atoms in total. The number of primary amides is 1. The summed E-state index contributed by atoms with van der Waals surface area (Å²) < 4.78 is 40.7. The lowest BCUT2D eigenvalue weighted by molar-refractivity contribution is -0.138. The van der Waals surface area contributed by atoms with Gasteiger partial charge < -0.3 is 15.5 Å². The van der Waals surface area contributed by atoms with Crippen LogP contribution >= 0.6 is 0 Å². The quantitative estimate of drug-likeness (QED) is 0.636. The molecule has 0 unspecified atom stereocenters. The van der Waals surface area contributed by atoms with Gasteiger partial charge in [0.1, 0.15) is 6.04 Å². The molecule has 0 aliphatic carbocycles. The van der Waals surface area contributed by atoms with Crippen LogP contribution in [-0.2, 0) is 23.9 Å². The number of anilines is 2. The first-order valence-electron chi connectivity index (χ1n) is 10.2. The number of fused-ring (bicyclic) bond motifs is 1. The van der Waals surface area contributed by atoms with Gasteiger partial charge in [-0.2, -0.15) is 13.2 Å². The van der Waals surface area contributed by atoms with Crippen molar-refractivity contribution in [2.75, 3.05) is 16.8 Å². The molecule has 1 atom stereocenters. The molecule has 2 aromatic carbocycles. The van der Waals surface area contributed by atoms with Gasteiger partial charge in [0, 0.05) is 25.2 Å². The summed E-state index contributed by atoms with van der Waals surface area (Å²) >= 11 is 0. The second-order valence-corrected chi connectivity index (χ2v) is 7.82. The first-order chi connectivity index (χ1) is 15.7. The maximum absolute atomic E-state index is 13.6. The van der Waals surface area contributed by atoms with Crippen LogP contribution in [0.1, 0.15) is 27.0 Å². The van der Waals surface area contributed by atoms with Gasteiger partial charge in [0.15, 0.2) is 5.82 Å². The Morgan fingerprint density at radius 1 is 1.06 bits per heavy atom. The summed E-state index contributed by atoms with van der Waals surface area (Å²) in [5.41, 5.74) is 6.08. The molecule has 0 spiro atoms. The average molecular weight is 454 g/mol. The lowest BCUT2D eigenvalue weighted by Gasteiger charge is -2.40. The Morgan fingerprint density at radius 2 is 1.76 bits per heavy atom. The van der Waals surface area contributed by atoms with Crippen LogP contribution in [0.4, 0.5) is 24.7 Å². The molecule has 0 radical (unpaired) electrons. The summed E-state index contributed by atoms with van der Waals surface area (Å²) in [6.07, 6.45) is -2.68. The Hall–Kier alpha value is -3.88. The van der Waals surface area contributed by atoms with Crippen molar-refractivity contribution in [1.29, 1.82) is 0 Å². The minimum atomic E-state index is -4.54. The van der Waals surface area contributed by atoms with Crippen LogP contribution in [-0.4, -0.2) is 29.9 Å². The van der Waals surface area contributed by atoms with Crippen LogP contribution in [0.15, 0.2) is 66.9 Å². The maximum atomic E-state index is 13.6. The van der Waals surface area contributed by atoms with E-state index in [2.05, 4.69) is 4.98 Å². The van der Waals surface area contributed by atoms with Crippen LogP contribution in [0.5, 0.6) is 0 Å². The molecule has 1 aliphatic heterocycles. The third kappa shape index (κ3) is 4.39. The van der Waals surface area contributed by atoms with Crippen LogP contribution < -0.4 is 15.5 Å². The number of amides is 2. The number of hydrogen-bond donors (Lipinski definition) is 1. The van der Waals surface area contributed by atoms with Crippen LogP contribution in [0.25, 0.3) is 0 Å². The molecule has 170 valence electrons. The molecule has 3 aromatic rings. The number of halogens is 3. The predicted octanol–water partition coefficient (Wildman–Crippen LogP) is 3.79. The number of alkyl halides is 3. The highest BCUT2D eigenvalue weighted by Gasteiger charge is 2.39. The highest BCUT2D eigenvalue weighted by Crippen LogP contribution is 2.37. The van der Waals surface area contributed by atoms with E-state index >= 15 is 0 Å². The third-order valence-electron chi connectivity index (χ3n) is 5.73. The molecule has 9 heteroatoms. The zero-order chi connectivity index (χ0) is 23.8. The van der Waals surface area contributed by atoms with Gasteiger partial charge in [-0.3, -0.25) is 9.59 Å². The fourth-order valence-corrected chi connectivity index (χ4v) is 4.00. The monoisotopic (exact) mass is 454 g/mol. The highest BCUT2D eigenvalue weighted by molar-refractivity contribution is 6.04. The van der Waals surface area contributed by atoms with Gasteiger partial charge in [-0.1, -0.05) is 30.3 Å². The largest absolute Gasteiger partial charge is 0.416 e. The smallest absolute Gasteiger partial charge is 0.366 e. The summed E-state index contributed by atoms with van der Waals surface area (Å²) in [7, 11) is 1.73. The number of nitrogens with zero attached hydrogens (tertiary/aromatic N) is 3. The van der Waals surface area contributed by atoms with E-state index in [1.807, 2.05) is 0 Å². The minimum absolute atomic E-state index is 0.00210. The van der Waals surface area contributed by atoms with Crippen molar-refractivity contribution in [3.05, 3.63) is 89.1 Å². The van der Waals surface area contributed by atoms with Crippen LogP contribution in [0.3, 0.4) is 0 Å². The summed E-state index contributed by atoms with van der Waals surface area (Å²) in [5, 5.41) is 0. The zero-order valence-corrected chi connectivity index (χ0v) is 17.7. The maximum Gasteiger partial charge on any atom is 0.416 e. The van der Waals surface area contributed by atoms with Gasteiger partial charge in [0.2, 0.25) is 11.8 Å². The van der Waals surface area contributed by atoms with Crippen molar-refractivity contribution in [2.24, 2.45) is 5.73 Å². The standard InChI is InChI=1S/C24H21F3N4O2/c1-30-20(13-15-8-10-16(11-9-15)21(28)32)23(33)31(19-7-4-12-29-22(19)30)14-17-5-2-3-6-18(17)24(25,26)27/h2-12,20H,13-14H2,1H3,(H2,28,32)/t20-/m1/s1. The highest BCUT2D eigenvalue weighted by atomic mass is 19.4. The summed E-state index contributed by atoms with van der Waals surface area (Å²) in [6, 6.07) is 14.4. The van der Waals surface area contributed by atoms with Crippen molar-refractivity contribution in [1.82, 2.24) is 4.98 Å². The number of hydrogen-bond acceptors (Lipinski definition) is 4. The van der Waals surface area contributed by atoms with Gasteiger partial charge >= 0.3 is 6.18 Å². The fraction of sp³-hybridized carbons (Fsp3) is 0.208. The van der Waals surface area contributed by atoms with Crippen molar-refractivity contribution in [3.63, 3.8) is 0 Å². The van der Waals surface area contributed by atoms with Crippen molar-refractivity contribution >= 4 is 23.3 Å². The van der Waals surface area contributed by atoms with Crippen molar-refractivity contribution < 1.29 is 22.8 Å². The van der Waals surface area contributed by atoms with E-state index in [1.165, 1.54) is 23.1 Å². The van der Waals surface area contributed by atoms with E-state index in [-0.39, 0.29) is 24.4 Å². The Bertz CT molecular complexity index is 1190. The second-order valence-electron chi connectivity index (χ2n) is 7.82. The molecule has 33 heavy (non-hydrogen) atoms. The molecule has 0 saturated heterocycles. The SMILES string of the molecule is CN1c2ncccc2N(Cc2ccccc2C(F)(F)F)C(=O)[C@H]1Cc1ccc(C(N)=O)cc1. The normalized spacial score (nSPS) is 16.0. The minimum Gasteiger partial charge on any atom is -0.366 e. The Kier molecular flexibility index (Phi) is 5.80. The Labute approximate surface area is 188 Å². The third-order valence-corrected chi connectivity index (χ3v) is 5.73. The molecule has 1 aliphatic rings. The second kappa shape index (κ2) is 8.57. The summed E-state index contributed by atoms with van der Waals surface area (Å²) in [5.74, 6) is -0.394. The summed E-state index contributed by atoms with van der Waals surface area (Å²) in [6.45, 7) is -0.238. The molecular weight excluding hydrogens is 433 g/mol. The molecule has 1 aromatic heterocycles. The van der Waals surface area contributed by atoms with E-state index in [1.54, 1.807) is 54.5 Å².